The number of carbonyl (C=O) groups is 1. The van der Waals surface area contributed by atoms with Gasteiger partial charge in [0.2, 0.25) is 0 Å². The van der Waals surface area contributed by atoms with E-state index in [0.717, 1.165) is 6.42 Å². The summed E-state index contributed by atoms with van der Waals surface area (Å²) in [7, 11) is -0.849. The Morgan fingerprint density at radius 2 is 1.44 bits per heavy atom. The summed E-state index contributed by atoms with van der Waals surface area (Å²) in [6.45, 7) is 0.977. The van der Waals surface area contributed by atoms with Crippen LogP contribution in [-0.2, 0) is 10.0 Å². The quantitative estimate of drug-likeness (QED) is 0.523. The predicted octanol–water partition coefficient (Wildman–Crippen LogP) is 3.92. The highest BCUT2D eigenvalue weighted by Crippen LogP contribution is 2.32. The van der Waals surface area contributed by atoms with Gasteiger partial charge >= 0.3 is 0 Å². The fourth-order valence-electron chi connectivity index (χ4n) is 3.29. The van der Waals surface area contributed by atoms with E-state index in [0.29, 0.717) is 53.2 Å². The summed E-state index contributed by atoms with van der Waals surface area (Å²) in [4.78, 5) is 12.7. The molecule has 0 aliphatic carbocycles. The maximum atomic E-state index is 12.8. The third-order valence-corrected chi connectivity index (χ3v) is 6.42. The molecule has 0 atom stereocenters. The lowest BCUT2D eigenvalue weighted by atomic mass is 10.1. The topological polar surface area (TPSA) is 112 Å². The lowest BCUT2D eigenvalue weighted by Crippen LogP contribution is -2.14. The van der Waals surface area contributed by atoms with Crippen molar-refractivity contribution in [2.24, 2.45) is 0 Å². The Morgan fingerprint density at radius 1 is 0.824 bits per heavy atom. The van der Waals surface area contributed by atoms with Crippen molar-refractivity contribution >= 4 is 27.3 Å². The Morgan fingerprint density at radius 3 is 2.09 bits per heavy atom. The van der Waals surface area contributed by atoms with Gasteiger partial charge in [-0.25, -0.2) is 8.42 Å². The molecule has 1 heterocycles. The van der Waals surface area contributed by atoms with Crippen LogP contribution in [0.5, 0.6) is 23.0 Å². The SMILES string of the molecule is COc1cc(OC)cc(C(=O)Nc2ccc(NS(=O)(=O)c3ccc4c(c3)OCCCO4)cc2)c1. The smallest absolute Gasteiger partial charge is 0.262 e. The third kappa shape index (κ3) is 5.34. The van der Waals surface area contributed by atoms with E-state index in [2.05, 4.69) is 10.0 Å². The molecule has 0 bridgehead atoms. The van der Waals surface area contributed by atoms with Crippen molar-refractivity contribution in [3.63, 3.8) is 0 Å². The highest BCUT2D eigenvalue weighted by molar-refractivity contribution is 7.92. The van der Waals surface area contributed by atoms with Crippen LogP contribution in [0.4, 0.5) is 11.4 Å². The number of nitrogens with one attached hydrogen (secondary N) is 2. The van der Waals surface area contributed by atoms with E-state index in [1.54, 1.807) is 48.5 Å². The number of sulfonamides is 1. The van der Waals surface area contributed by atoms with E-state index in [1.807, 2.05) is 0 Å². The van der Waals surface area contributed by atoms with Gasteiger partial charge in [0.25, 0.3) is 15.9 Å². The Kier molecular flexibility index (Phi) is 6.78. The first-order valence-electron chi connectivity index (χ1n) is 10.4. The Labute approximate surface area is 197 Å². The van der Waals surface area contributed by atoms with Crippen LogP contribution in [0.1, 0.15) is 16.8 Å². The van der Waals surface area contributed by atoms with Crippen molar-refractivity contribution in [3.05, 3.63) is 66.2 Å². The van der Waals surface area contributed by atoms with Crippen molar-refractivity contribution < 1.29 is 32.2 Å². The average molecular weight is 485 g/mol. The monoisotopic (exact) mass is 484 g/mol. The van der Waals surface area contributed by atoms with Crippen LogP contribution in [-0.4, -0.2) is 41.8 Å². The molecule has 34 heavy (non-hydrogen) atoms. The molecule has 0 spiro atoms. The Bertz CT molecular complexity index is 1270. The van der Waals surface area contributed by atoms with E-state index >= 15 is 0 Å². The van der Waals surface area contributed by atoms with Crippen LogP contribution >= 0.6 is 0 Å². The molecule has 9 nitrogen and oxygen atoms in total. The van der Waals surface area contributed by atoms with E-state index < -0.39 is 10.0 Å². The van der Waals surface area contributed by atoms with Crippen molar-refractivity contribution in [2.75, 3.05) is 37.5 Å². The summed E-state index contributed by atoms with van der Waals surface area (Å²) in [5.74, 6) is 1.53. The van der Waals surface area contributed by atoms with Crippen LogP contribution in [0.25, 0.3) is 0 Å². The van der Waals surface area contributed by atoms with E-state index in [9.17, 15) is 13.2 Å². The number of hydrogen-bond acceptors (Lipinski definition) is 7. The normalized spacial score (nSPS) is 12.9. The van der Waals surface area contributed by atoms with Gasteiger partial charge in [-0.3, -0.25) is 9.52 Å². The van der Waals surface area contributed by atoms with Crippen molar-refractivity contribution in [1.29, 1.82) is 0 Å². The highest BCUT2D eigenvalue weighted by Gasteiger charge is 2.19. The molecule has 4 rings (SSSR count). The average Bonchev–Trinajstić information content (AvgIpc) is 3.09. The first kappa shape index (κ1) is 23.2. The minimum Gasteiger partial charge on any atom is -0.497 e. The second-order valence-corrected chi connectivity index (χ2v) is 9.08. The van der Waals surface area contributed by atoms with Gasteiger partial charge in [-0.05, 0) is 48.5 Å². The molecule has 178 valence electrons. The zero-order valence-corrected chi connectivity index (χ0v) is 19.5. The van der Waals surface area contributed by atoms with Crippen molar-refractivity contribution in [3.8, 4) is 23.0 Å². The number of ether oxygens (including phenoxy) is 4. The molecule has 1 aliphatic heterocycles. The fourth-order valence-corrected chi connectivity index (χ4v) is 4.36. The van der Waals surface area contributed by atoms with Crippen LogP contribution < -0.4 is 29.0 Å². The number of hydrogen-bond donors (Lipinski definition) is 2. The Balaban J connectivity index is 1.46. The molecule has 0 saturated carbocycles. The molecule has 1 aliphatic rings. The summed E-state index contributed by atoms with van der Waals surface area (Å²) in [5, 5.41) is 2.76. The van der Waals surface area contributed by atoms with Crippen LogP contribution in [0, 0.1) is 0 Å². The van der Waals surface area contributed by atoms with Crippen LogP contribution in [0.2, 0.25) is 0 Å². The lowest BCUT2D eigenvalue weighted by Gasteiger charge is -2.12. The maximum absolute atomic E-state index is 12.8. The second-order valence-electron chi connectivity index (χ2n) is 7.40. The zero-order valence-electron chi connectivity index (χ0n) is 18.7. The molecule has 0 aromatic heterocycles. The minimum atomic E-state index is -3.85. The van der Waals surface area contributed by atoms with E-state index in [1.165, 1.54) is 26.4 Å². The molecule has 0 unspecified atom stereocenters. The second kappa shape index (κ2) is 9.92. The molecule has 1 amide bonds. The number of benzene rings is 3. The highest BCUT2D eigenvalue weighted by atomic mass is 32.2. The molecule has 3 aromatic rings. The zero-order chi connectivity index (χ0) is 24.1. The molecule has 3 aromatic carbocycles. The van der Waals surface area contributed by atoms with Crippen LogP contribution in [0.3, 0.4) is 0 Å². The number of methoxy groups -OCH3 is 2. The Hall–Kier alpha value is -3.92. The van der Waals surface area contributed by atoms with Crippen molar-refractivity contribution in [2.45, 2.75) is 11.3 Å². The standard InChI is InChI=1S/C24H24N2O7S/c1-30-19-12-16(13-20(14-19)31-2)24(27)25-17-4-6-18(7-5-17)26-34(28,29)21-8-9-22-23(15-21)33-11-3-10-32-22/h4-9,12-15,26H,3,10-11H2,1-2H3,(H,25,27). The largest absolute Gasteiger partial charge is 0.497 e. The van der Waals surface area contributed by atoms with Gasteiger partial charge in [-0.15, -0.1) is 0 Å². The summed E-state index contributed by atoms with van der Waals surface area (Å²) >= 11 is 0. The number of anilines is 2. The predicted molar refractivity (Wildman–Crippen MR) is 127 cm³/mol. The van der Waals surface area contributed by atoms with Gasteiger partial charge in [0.15, 0.2) is 11.5 Å². The third-order valence-electron chi connectivity index (χ3n) is 5.04. The van der Waals surface area contributed by atoms with Gasteiger partial charge < -0.3 is 24.3 Å². The van der Waals surface area contributed by atoms with Crippen molar-refractivity contribution in [1.82, 2.24) is 0 Å². The van der Waals surface area contributed by atoms with Gasteiger partial charge in [-0.2, -0.15) is 0 Å². The maximum Gasteiger partial charge on any atom is 0.262 e. The van der Waals surface area contributed by atoms with E-state index in [4.69, 9.17) is 18.9 Å². The van der Waals surface area contributed by atoms with Gasteiger partial charge in [-0.1, -0.05) is 0 Å². The summed E-state index contributed by atoms with van der Waals surface area (Å²) in [5.41, 5.74) is 1.19. The van der Waals surface area contributed by atoms with Crippen LogP contribution in [0.15, 0.2) is 65.6 Å². The number of amides is 1. The fraction of sp³-hybridized carbons (Fsp3) is 0.208. The minimum absolute atomic E-state index is 0.0566. The van der Waals surface area contributed by atoms with Gasteiger partial charge in [0.05, 0.1) is 32.3 Å². The molecule has 0 radical (unpaired) electrons. The lowest BCUT2D eigenvalue weighted by molar-refractivity contribution is 0.102. The molecule has 2 N–H and O–H groups in total. The van der Waals surface area contributed by atoms with Gasteiger partial charge in [0, 0.05) is 35.5 Å². The summed E-state index contributed by atoms with van der Waals surface area (Å²) < 4.78 is 49.7. The molecule has 0 fully saturated rings. The number of rotatable bonds is 7. The molecular formula is C24H24N2O7S. The summed E-state index contributed by atoms with van der Waals surface area (Å²) in [6, 6.07) is 15.7. The van der Waals surface area contributed by atoms with Gasteiger partial charge in [0.1, 0.15) is 11.5 Å². The van der Waals surface area contributed by atoms with E-state index in [-0.39, 0.29) is 10.8 Å². The molecular weight excluding hydrogens is 460 g/mol. The number of fused-ring (bicyclic) bond motifs is 1. The first-order valence-corrected chi connectivity index (χ1v) is 11.9. The molecule has 0 saturated heterocycles. The molecule has 10 heteroatoms. The first-order chi connectivity index (χ1) is 16.4. The summed E-state index contributed by atoms with van der Waals surface area (Å²) in [6.07, 6.45) is 0.725. The number of carbonyl (C=O) groups excluding carboxylic acids is 1.